The Kier molecular flexibility index (Phi) is 5.76. The number of fused-ring (bicyclic) bond motifs is 2. The number of aromatic nitrogens is 7. The Morgan fingerprint density at radius 2 is 1.38 bits per heavy atom. The van der Waals surface area contributed by atoms with Crippen LogP contribution in [0.25, 0.3) is 21.8 Å². The summed E-state index contributed by atoms with van der Waals surface area (Å²) in [7, 11) is 0. The average Bonchev–Trinajstić information content (AvgIpc) is 3.56. The highest BCUT2D eigenvalue weighted by Gasteiger charge is 2.20. The Morgan fingerprint density at radius 1 is 0.824 bits per heavy atom. The van der Waals surface area contributed by atoms with Gasteiger partial charge in [-0.05, 0) is 25.0 Å². The maximum absolute atomic E-state index is 13.3. The average molecular weight is 464 g/mol. The van der Waals surface area contributed by atoms with Crippen molar-refractivity contribution in [3.63, 3.8) is 0 Å². The maximum Gasteiger partial charge on any atom is 0.261 e. The number of nitrogens with zero attached hydrogens (tertiary/aromatic N) is 9. The summed E-state index contributed by atoms with van der Waals surface area (Å²) in [6.45, 7) is 5.08. The van der Waals surface area contributed by atoms with Crippen LogP contribution in [0, 0.1) is 0 Å². The van der Waals surface area contributed by atoms with Crippen molar-refractivity contribution in [2.24, 2.45) is 5.10 Å². The molecule has 0 saturated carbocycles. The molecule has 1 aliphatic heterocycles. The van der Waals surface area contributed by atoms with E-state index in [1.807, 2.05) is 18.4 Å². The highest BCUT2D eigenvalue weighted by Crippen LogP contribution is 2.19. The van der Waals surface area contributed by atoms with Gasteiger partial charge in [-0.1, -0.05) is 13.8 Å². The molecule has 5 rings (SSSR count). The summed E-state index contributed by atoms with van der Waals surface area (Å²) >= 11 is 0. The lowest BCUT2D eigenvalue weighted by atomic mass is 10.1. The summed E-state index contributed by atoms with van der Waals surface area (Å²) in [5.74, 6) is 0. The molecule has 0 saturated heterocycles. The summed E-state index contributed by atoms with van der Waals surface area (Å²) in [6.07, 6.45) is 9.31. The van der Waals surface area contributed by atoms with Gasteiger partial charge < -0.3 is 4.57 Å². The number of hydrogen-bond acceptors (Lipinski definition) is 10. The number of rotatable bonds is 8. The third-order valence-electron chi connectivity index (χ3n) is 6.15. The normalized spacial score (nSPS) is 15.5. The monoisotopic (exact) mass is 463 g/mol. The van der Waals surface area contributed by atoms with Gasteiger partial charge in [0.2, 0.25) is 0 Å². The first-order valence-electron chi connectivity index (χ1n) is 11.1. The summed E-state index contributed by atoms with van der Waals surface area (Å²) in [5.41, 5.74) is 6.35. The molecule has 176 valence electrons. The zero-order valence-corrected chi connectivity index (χ0v) is 18.9. The Bertz CT molecular complexity index is 1450. The maximum atomic E-state index is 13.3. The van der Waals surface area contributed by atoms with E-state index < -0.39 is 0 Å². The molecule has 2 N–H and O–H groups in total. The van der Waals surface area contributed by atoms with Crippen LogP contribution in [-0.2, 0) is 6.54 Å². The Morgan fingerprint density at radius 3 is 1.88 bits per heavy atom. The molecule has 0 aliphatic carbocycles. The van der Waals surface area contributed by atoms with Crippen molar-refractivity contribution in [1.82, 2.24) is 49.9 Å². The van der Waals surface area contributed by atoms with E-state index in [2.05, 4.69) is 36.2 Å². The van der Waals surface area contributed by atoms with E-state index in [1.165, 1.54) is 12.7 Å². The Labute approximate surface area is 193 Å². The molecule has 0 unspecified atom stereocenters. The van der Waals surface area contributed by atoms with Crippen molar-refractivity contribution in [3.8, 4) is 0 Å². The second-order valence-electron chi connectivity index (χ2n) is 8.18. The van der Waals surface area contributed by atoms with Gasteiger partial charge in [0.05, 0.1) is 53.1 Å². The molecule has 0 fully saturated rings. The van der Waals surface area contributed by atoms with Crippen molar-refractivity contribution >= 4 is 28.1 Å². The SMILES string of the molecule is CC[C@H](CN1NC=NN1)n1cnc2cc3c(=O)n([C@H](CC)Cn4cnnc4)cnc3cc2c1=O. The molecule has 0 amide bonds. The van der Waals surface area contributed by atoms with Gasteiger partial charge in [-0.2, -0.15) is 5.10 Å². The Hall–Kier alpha value is -4.13. The standard InChI is InChI=1S/C21H25N11O2/c1-3-14(7-29-12-25-26-13-29)30-10-22-18-6-17-19(5-16(18)20(30)33)23-11-31(21(17)34)15(4-2)8-32-27-9-24-28-32/h5-6,9-15,28H,3-4,7-8H2,1-2H3,(H,24,27)/t14-,15-/m1/s1. The smallest absolute Gasteiger partial charge is 0.261 e. The molecule has 1 aliphatic rings. The van der Waals surface area contributed by atoms with Gasteiger partial charge in [0.15, 0.2) is 0 Å². The molecule has 2 atom stereocenters. The third kappa shape index (κ3) is 3.90. The van der Waals surface area contributed by atoms with Crippen molar-refractivity contribution in [2.75, 3.05) is 6.54 Å². The number of hydrazone groups is 1. The van der Waals surface area contributed by atoms with Gasteiger partial charge in [0.1, 0.15) is 19.0 Å². The minimum absolute atomic E-state index is 0.112. The topological polar surface area (TPSA) is 140 Å². The predicted octanol–water partition coefficient (Wildman–Crippen LogP) is 0.568. The molecule has 4 aromatic rings. The first kappa shape index (κ1) is 21.7. The van der Waals surface area contributed by atoms with Crippen LogP contribution in [0.2, 0.25) is 0 Å². The quantitative estimate of drug-likeness (QED) is 0.359. The lowest BCUT2D eigenvalue weighted by molar-refractivity contribution is 0.147. The molecule has 34 heavy (non-hydrogen) atoms. The van der Waals surface area contributed by atoms with E-state index in [-0.39, 0.29) is 23.2 Å². The molecular weight excluding hydrogens is 438 g/mol. The zero-order chi connectivity index (χ0) is 23.7. The lowest BCUT2D eigenvalue weighted by Crippen LogP contribution is -2.44. The molecule has 13 heteroatoms. The second-order valence-corrected chi connectivity index (χ2v) is 8.18. The lowest BCUT2D eigenvalue weighted by Gasteiger charge is -2.23. The molecular formula is C21H25N11O2. The van der Waals surface area contributed by atoms with Gasteiger partial charge in [0, 0.05) is 6.54 Å². The minimum atomic E-state index is -0.177. The molecule has 0 radical (unpaired) electrons. The summed E-state index contributed by atoms with van der Waals surface area (Å²) < 4.78 is 5.07. The number of hydrazine groups is 2. The third-order valence-corrected chi connectivity index (χ3v) is 6.15. The van der Waals surface area contributed by atoms with Gasteiger partial charge in [0.25, 0.3) is 11.1 Å². The first-order chi connectivity index (χ1) is 16.6. The van der Waals surface area contributed by atoms with Crippen LogP contribution >= 0.6 is 0 Å². The minimum Gasteiger partial charge on any atom is -0.318 e. The number of nitrogens with one attached hydrogen (secondary N) is 2. The highest BCUT2D eigenvalue weighted by atomic mass is 16.1. The summed E-state index contributed by atoms with van der Waals surface area (Å²) in [5, 5.41) is 14.1. The van der Waals surface area contributed by atoms with Crippen LogP contribution in [0.15, 0.2) is 52.1 Å². The van der Waals surface area contributed by atoms with Crippen LogP contribution < -0.4 is 22.1 Å². The van der Waals surface area contributed by atoms with Crippen LogP contribution in [0.3, 0.4) is 0 Å². The fraction of sp³-hybridized carbons (Fsp3) is 0.381. The molecule has 1 aromatic carbocycles. The van der Waals surface area contributed by atoms with E-state index in [0.717, 1.165) is 6.42 Å². The fourth-order valence-corrected chi connectivity index (χ4v) is 4.20. The van der Waals surface area contributed by atoms with E-state index >= 15 is 0 Å². The number of benzene rings is 1. The molecule has 0 bridgehead atoms. The van der Waals surface area contributed by atoms with Gasteiger partial charge >= 0.3 is 0 Å². The first-order valence-corrected chi connectivity index (χ1v) is 11.1. The summed E-state index contributed by atoms with van der Waals surface area (Å²) in [6, 6.07) is 3.07. The van der Waals surface area contributed by atoms with Crippen molar-refractivity contribution in [3.05, 3.63) is 58.1 Å². The summed E-state index contributed by atoms with van der Waals surface area (Å²) in [4.78, 5) is 35.7. The highest BCUT2D eigenvalue weighted by molar-refractivity contribution is 5.93. The van der Waals surface area contributed by atoms with Gasteiger partial charge in [-0.3, -0.25) is 24.1 Å². The zero-order valence-electron chi connectivity index (χ0n) is 18.9. The van der Waals surface area contributed by atoms with Crippen LogP contribution in [-0.4, -0.2) is 51.9 Å². The predicted molar refractivity (Wildman–Crippen MR) is 126 cm³/mol. The van der Waals surface area contributed by atoms with Crippen LogP contribution in [0.1, 0.15) is 38.8 Å². The largest absolute Gasteiger partial charge is 0.318 e. The fourth-order valence-electron chi connectivity index (χ4n) is 4.20. The molecule has 0 spiro atoms. The van der Waals surface area contributed by atoms with Crippen molar-refractivity contribution in [1.29, 1.82) is 0 Å². The van der Waals surface area contributed by atoms with Crippen LogP contribution in [0.5, 0.6) is 0 Å². The molecule has 3 aromatic heterocycles. The van der Waals surface area contributed by atoms with Crippen molar-refractivity contribution in [2.45, 2.75) is 45.3 Å². The molecule has 4 heterocycles. The van der Waals surface area contributed by atoms with Gasteiger partial charge in [-0.15, -0.1) is 15.3 Å². The van der Waals surface area contributed by atoms with E-state index in [0.29, 0.717) is 41.3 Å². The van der Waals surface area contributed by atoms with Gasteiger partial charge in [-0.25, -0.2) is 15.5 Å². The second kappa shape index (κ2) is 9.02. The van der Waals surface area contributed by atoms with E-state index in [9.17, 15) is 9.59 Å². The van der Waals surface area contributed by atoms with E-state index in [4.69, 9.17) is 0 Å². The van der Waals surface area contributed by atoms with E-state index in [1.54, 1.807) is 45.4 Å². The molecule has 13 nitrogen and oxygen atoms in total. The number of hydrogen-bond donors (Lipinski definition) is 2. The van der Waals surface area contributed by atoms with Crippen molar-refractivity contribution < 1.29 is 0 Å². The Balaban J connectivity index is 1.53. The van der Waals surface area contributed by atoms with Crippen LogP contribution in [0.4, 0.5) is 0 Å².